The van der Waals surface area contributed by atoms with Crippen LogP contribution in [0.3, 0.4) is 0 Å². The number of carbonyl (C=O) groups excluding carboxylic acids is 1. The maximum absolute atomic E-state index is 12.6. The molecule has 0 saturated carbocycles. The number of nitrogens with zero attached hydrogens (tertiary/aromatic N) is 2. The number of amides is 1. The monoisotopic (exact) mass is 308 g/mol. The van der Waals surface area contributed by atoms with Crippen LogP contribution < -0.4 is 4.90 Å². The number of nitriles is 1. The Morgan fingerprint density at radius 1 is 1.27 bits per heavy atom. The molecule has 22 heavy (non-hydrogen) atoms. The molecule has 0 fully saturated rings. The number of hydrogen-bond donors (Lipinski definition) is 0. The van der Waals surface area contributed by atoms with E-state index >= 15 is 0 Å². The van der Waals surface area contributed by atoms with Gasteiger partial charge in [-0.2, -0.15) is 5.26 Å². The molecule has 0 saturated heterocycles. The first-order valence-electron chi connectivity index (χ1n) is 7.17. The zero-order valence-corrected chi connectivity index (χ0v) is 13.4. The highest BCUT2D eigenvalue weighted by atomic mass is 32.2. The first-order valence-corrected chi connectivity index (χ1v) is 8.05. The minimum absolute atomic E-state index is 0.0934. The number of aryl methyl sites for hydroxylation is 1. The SMILES string of the molecule is Cc1ccccc1CN1C(=O)C(C)Sc2ccc(C#N)cc21. The van der Waals surface area contributed by atoms with Crippen molar-refractivity contribution in [1.29, 1.82) is 5.26 Å². The minimum Gasteiger partial charge on any atom is -0.306 e. The zero-order valence-electron chi connectivity index (χ0n) is 12.5. The van der Waals surface area contributed by atoms with Crippen LogP contribution in [0.15, 0.2) is 47.4 Å². The fourth-order valence-corrected chi connectivity index (χ4v) is 3.64. The second-order valence-electron chi connectivity index (χ2n) is 5.41. The van der Waals surface area contributed by atoms with Crippen LogP contribution in [0.4, 0.5) is 5.69 Å². The molecule has 1 unspecified atom stereocenters. The summed E-state index contributed by atoms with van der Waals surface area (Å²) in [6, 6.07) is 15.8. The number of carbonyl (C=O) groups is 1. The molecule has 0 aromatic heterocycles. The van der Waals surface area contributed by atoms with Gasteiger partial charge in [0.15, 0.2) is 0 Å². The summed E-state index contributed by atoms with van der Waals surface area (Å²) in [4.78, 5) is 15.5. The van der Waals surface area contributed by atoms with Crippen molar-refractivity contribution in [2.75, 3.05) is 4.90 Å². The molecule has 0 N–H and O–H groups in total. The fourth-order valence-electron chi connectivity index (χ4n) is 2.60. The summed E-state index contributed by atoms with van der Waals surface area (Å²) in [5.74, 6) is 0.0934. The Balaban J connectivity index is 2.05. The Labute approximate surface area is 134 Å². The van der Waals surface area contributed by atoms with Crippen LogP contribution in [-0.4, -0.2) is 11.2 Å². The molecule has 2 aromatic carbocycles. The van der Waals surface area contributed by atoms with E-state index < -0.39 is 0 Å². The first kappa shape index (κ1) is 14.7. The lowest BCUT2D eigenvalue weighted by Crippen LogP contribution is -2.39. The second-order valence-corrected chi connectivity index (χ2v) is 6.79. The molecule has 0 spiro atoms. The molecule has 1 amide bonds. The Bertz CT molecular complexity index is 779. The summed E-state index contributed by atoms with van der Waals surface area (Å²) in [6.07, 6.45) is 0. The van der Waals surface area contributed by atoms with Crippen LogP contribution in [0.5, 0.6) is 0 Å². The lowest BCUT2D eigenvalue weighted by Gasteiger charge is -2.33. The largest absolute Gasteiger partial charge is 0.306 e. The van der Waals surface area contributed by atoms with Gasteiger partial charge in [0.1, 0.15) is 0 Å². The Kier molecular flexibility index (Phi) is 3.91. The number of fused-ring (bicyclic) bond motifs is 1. The highest BCUT2D eigenvalue weighted by Gasteiger charge is 2.31. The number of hydrogen-bond acceptors (Lipinski definition) is 3. The van der Waals surface area contributed by atoms with Crippen LogP contribution in [0.1, 0.15) is 23.6 Å². The van der Waals surface area contributed by atoms with Gasteiger partial charge in [-0.05, 0) is 43.2 Å². The van der Waals surface area contributed by atoms with Crippen molar-refractivity contribution in [3.05, 3.63) is 59.2 Å². The van der Waals surface area contributed by atoms with Crippen LogP contribution in [0.2, 0.25) is 0 Å². The standard InChI is InChI=1S/C18H16N2OS/c1-12-5-3-4-6-15(12)11-20-16-9-14(10-19)7-8-17(16)22-13(2)18(20)21/h3-9,13H,11H2,1-2H3. The molecule has 110 valence electrons. The predicted molar refractivity (Wildman–Crippen MR) is 88.8 cm³/mol. The van der Waals surface area contributed by atoms with E-state index in [0.717, 1.165) is 16.1 Å². The number of thioether (sulfide) groups is 1. The third-order valence-corrected chi connectivity index (χ3v) is 5.04. The van der Waals surface area contributed by atoms with Crippen molar-refractivity contribution in [2.24, 2.45) is 0 Å². The molecular weight excluding hydrogens is 292 g/mol. The summed E-state index contributed by atoms with van der Waals surface area (Å²) in [7, 11) is 0. The molecule has 1 heterocycles. The normalized spacial score (nSPS) is 17.0. The van der Waals surface area contributed by atoms with Crippen LogP contribution in [-0.2, 0) is 11.3 Å². The van der Waals surface area contributed by atoms with Gasteiger partial charge in [-0.15, -0.1) is 11.8 Å². The quantitative estimate of drug-likeness (QED) is 0.845. The van der Waals surface area contributed by atoms with E-state index in [2.05, 4.69) is 19.1 Å². The van der Waals surface area contributed by atoms with Gasteiger partial charge >= 0.3 is 0 Å². The second kappa shape index (κ2) is 5.86. The molecule has 4 heteroatoms. The molecule has 1 aliphatic heterocycles. The lowest BCUT2D eigenvalue weighted by atomic mass is 10.1. The Morgan fingerprint density at radius 2 is 2.05 bits per heavy atom. The highest BCUT2D eigenvalue weighted by molar-refractivity contribution is 8.00. The fraction of sp³-hybridized carbons (Fsp3) is 0.222. The van der Waals surface area contributed by atoms with Crippen molar-refractivity contribution >= 4 is 23.4 Å². The molecule has 3 nitrogen and oxygen atoms in total. The molecule has 1 aliphatic rings. The van der Waals surface area contributed by atoms with Gasteiger partial charge in [0.2, 0.25) is 5.91 Å². The van der Waals surface area contributed by atoms with Gasteiger partial charge < -0.3 is 4.90 Å². The molecule has 1 atom stereocenters. The van der Waals surface area contributed by atoms with E-state index in [4.69, 9.17) is 5.26 Å². The van der Waals surface area contributed by atoms with Crippen LogP contribution >= 0.6 is 11.8 Å². The number of anilines is 1. The van der Waals surface area contributed by atoms with Gasteiger partial charge in [0.05, 0.1) is 29.1 Å². The van der Waals surface area contributed by atoms with Gasteiger partial charge in [-0.3, -0.25) is 4.79 Å². The Morgan fingerprint density at radius 3 is 2.77 bits per heavy atom. The van der Waals surface area contributed by atoms with Gasteiger partial charge in [0, 0.05) is 4.90 Å². The van der Waals surface area contributed by atoms with E-state index in [1.54, 1.807) is 22.7 Å². The van der Waals surface area contributed by atoms with E-state index in [1.165, 1.54) is 5.56 Å². The van der Waals surface area contributed by atoms with Gasteiger partial charge in [0.25, 0.3) is 0 Å². The van der Waals surface area contributed by atoms with Crippen molar-refractivity contribution in [3.63, 3.8) is 0 Å². The van der Waals surface area contributed by atoms with Crippen LogP contribution in [0.25, 0.3) is 0 Å². The minimum atomic E-state index is -0.107. The summed E-state index contributed by atoms with van der Waals surface area (Å²) in [5, 5.41) is 9.01. The number of rotatable bonds is 2. The van der Waals surface area contributed by atoms with Gasteiger partial charge in [-0.1, -0.05) is 24.3 Å². The third-order valence-electron chi connectivity index (χ3n) is 3.89. The summed E-state index contributed by atoms with van der Waals surface area (Å²) in [5.41, 5.74) is 3.72. The third kappa shape index (κ3) is 2.60. The average Bonchev–Trinajstić information content (AvgIpc) is 2.53. The summed E-state index contributed by atoms with van der Waals surface area (Å²) >= 11 is 1.56. The summed E-state index contributed by atoms with van der Waals surface area (Å²) < 4.78 is 0. The molecular formula is C18H16N2OS. The number of benzene rings is 2. The van der Waals surface area contributed by atoms with Crippen molar-refractivity contribution in [1.82, 2.24) is 0 Å². The van der Waals surface area contributed by atoms with E-state index in [9.17, 15) is 4.79 Å². The predicted octanol–water partition coefficient (Wildman–Crippen LogP) is 3.89. The van der Waals surface area contributed by atoms with Crippen molar-refractivity contribution < 1.29 is 4.79 Å². The van der Waals surface area contributed by atoms with Crippen molar-refractivity contribution in [2.45, 2.75) is 30.5 Å². The maximum Gasteiger partial charge on any atom is 0.240 e. The van der Waals surface area contributed by atoms with E-state index in [0.29, 0.717) is 12.1 Å². The molecule has 2 aromatic rings. The molecule has 0 aliphatic carbocycles. The molecule has 0 radical (unpaired) electrons. The molecule has 0 bridgehead atoms. The summed E-state index contributed by atoms with van der Waals surface area (Å²) in [6.45, 7) is 4.52. The van der Waals surface area contributed by atoms with E-state index in [1.807, 2.05) is 37.3 Å². The average molecular weight is 308 g/mol. The molecule has 3 rings (SSSR count). The van der Waals surface area contributed by atoms with E-state index in [-0.39, 0.29) is 11.2 Å². The van der Waals surface area contributed by atoms with Gasteiger partial charge in [-0.25, -0.2) is 0 Å². The first-order chi connectivity index (χ1) is 10.6. The Hall–Kier alpha value is -2.25. The maximum atomic E-state index is 12.6. The topological polar surface area (TPSA) is 44.1 Å². The van der Waals surface area contributed by atoms with Crippen molar-refractivity contribution in [3.8, 4) is 6.07 Å². The zero-order chi connectivity index (χ0) is 15.7. The van der Waals surface area contributed by atoms with Crippen LogP contribution in [0, 0.1) is 18.3 Å². The lowest BCUT2D eigenvalue weighted by molar-refractivity contribution is -0.118. The smallest absolute Gasteiger partial charge is 0.240 e. The highest BCUT2D eigenvalue weighted by Crippen LogP contribution is 2.40.